The van der Waals surface area contributed by atoms with Gasteiger partial charge in [-0.2, -0.15) is 0 Å². The van der Waals surface area contributed by atoms with Gasteiger partial charge >= 0.3 is 11.9 Å². The standard InChI is InChI=1S/C12H7FO4/c13-10-3-1-2-6-4-8(11(14)15)9(12(16)17)5-7(6)10/h1-5H,(H,14,15)(H,16,17). The van der Waals surface area contributed by atoms with Gasteiger partial charge in [0.15, 0.2) is 0 Å². The normalized spacial score (nSPS) is 10.4. The van der Waals surface area contributed by atoms with Crippen molar-refractivity contribution in [3.63, 3.8) is 0 Å². The van der Waals surface area contributed by atoms with Crippen molar-refractivity contribution in [1.29, 1.82) is 0 Å². The van der Waals surface area contributed by atoms with E-state index >= 15 is 0 Å². The molecule has 2 aromatic carbocycles. The number of rotatable bonds is 2. The molecule has 0 aliphatic carbocycles. The third kappa shape index (κ3) is 1.82. The molecule has 5 heteroatoms. The van der Waals surface area contributed by atoms with Crippen LogP contribution >= 0.6 is 0 Å². The summed E-state index contributed by atoms with van der Waals surface area (Å²) in [6.07, 6.45) is 0. The molecule has 0 spiro atoms. The van der Waals surface area contributed by atoms with E-state index in [1.54, 1.807) is 0 Å². The highest BCUT2D eigenvalue weighted by Crippen LogP contribution is 2.23. The highest BCUT2D eigenvalue weighted by atomic mass is 19.1. The van der Waals surface area contributed by atoms with Crippen molar-refractivity contribution in [1.82, 2.24) is 0 Å². The molecular formula is C12H7FO4. The Hall–Kier alpha value is -2.43. The van der Waals surface area contributed by atoms with Gasteiger partial charge in [0.1, 0.15) is 5.82 Å². The second kappa shape index (κ2) is 3.86. The van der Waals surface area contributed by atoms with Crippen LogP contribution < -0.4 is 0 Å². The maximum Gasteiger partial charge on any atom is 0.336 e. The summed E-state index contributed by atoms with van der Waals surface area (Å²) in [7, 11) is 0. The summed E-state index contributed by atoms with van der Waals surface area (Å²) in [4.78, 5) is 21.8. The van der Waals surface area contributed by atoms with Crippen LogP contribution in [-0.4, -0.2) is 22.2 Å². The number of aromatic carboxylic acids is 2. The number of fused-ring (bicyclic) bond motifs is 1. The third-order valence-electron chi connectivity index (χ3n) is 2.43. The van der Waals surface area contributed by atoms with Gasteiger partial charge in [-0.1, -0.05) is 12.1 Å². The van der Waals surface area contributed by atoms with E-state index in [0.717, 1.165) is 12.1 Å². The average Bonchev–Trinajstić information content (AvgIpc) is 2.27. The minimum atomic E-state index is -1.40. The van der Waals surface area contributed by atoms with E-state index in [1.807, 2.05) is 0 Å². The molecule has 0 aromatic heterocycles. The van der Waals surface area contributed by atoms with E-state index in [2.05, 4.69) is 0 Å². The van der Waals surface area contributed by atoms with Crippen molar-refractivity contribution < 1.29 is 24.2 Å². The molecule has 0 aliphatic heterocycles. The van der Waals surface area contributed by atoms with Crippen molar-refractivity contribution in [3.8, 4) is 0 Å². The van der Waals surface area contributed by atoms with Gasteiger partial charge in [-0.3, -0.25) is 0 Å². The van der Waals surface area contributed by atoms with Gasteiger partial charge in [0.2, 0.25) is 0 Å². The van der Waals surface area contributed by atoms with Gasteiger partial charge < -0.3 is 10.2 Å². The summed E-state index contributed by atoms with van der Waals surface area (Å²) < 4.78 is 13.4. The molecule has 0 radical (unpaired) electrons. The first-order chi connectivity index (χ1) is 8.00. The predicted octanol–water partition coefficient (Wildman–Crippen LogP) is 2.38. The summed E-state index contributed by atoms with van der Waals surface area (Å²) >= 11 is 0. The highest BCUT2D eigenvalue weighted by Gasteiger charge is 2.17. The molecule has 0 saturated carbocycles. The average molecular weight is 234 g/mol. The fraction of sp³-hybridized carbons (Fsp3) is 0. The second-order valence-electron chi connectivity index (χ2n) is 3.47. The van der Waals surface area contributed by atoms with E-state index in [4.69, 9.17) is 10.2 Å². The fourth-order valence-corrected chi connectivity index (χ4v) is 1.64. The van der Waals surface area contributed by atoms with E-state index in [-0.39, 0.29) is 10.9 Å². The zero-order valence-electron chi connectivity index (χ0n) is 8.48. The van der Waals surface area contributed by atoms with Gasteiger partial charge in [0.05, 0.1) is 11.1 Å². The quantitative estimate of drug-likeness (QED) is 0.836. The van der Waals surface area contributed by atoms with E-state index in [1.165, 1.54) is 18.2 Å². The van der Waals surface area contributed by atoms with Crippen molar-refractivity contribution in [3.05, 3.63) is 47.3 Å². The first kappa shape index (κ1) is 11.1. The number of halogens is 1. The fourth-order valence-electron chi connectivity index (χ4n) is 1.64. The molecule has 0 aliphatic rings. The lowest BCUT2D eigenvalue weighted by molar-refractivity contribution is 0.0652. The van der Waals surface area contributed by atoms with Gasteiger partial charge in [-0.25, -0.2) is 14.0 Å². The lowest BCUT2D eigenvalue weighted by atomic mass is 10.0. The molecule has 4 nitrogen and oxygen atoms in total. The number of carbonyl (C=O) groups is 2. The van der Waals surface area contributed by atoms with Crippen LogP contribution in [0.5, 0.6) is 0 Å². The van der Waals surface area contributed by atoms with Crippen LogP contribution in [0.15, 0.2) is 30.3 Å². The Labute approximate surface area is 94.9 Å². The molecule has 2 N–H and O–H groups in total. The Bertz CT molecular complexity index is 634. The molecule has 17 heavy (non-hydrogen) atoms. The molecule has 0 heterocycles. The van der Waals surface area contributed by atoms with Gasteiger partial charge in [-0.05, 0) is 23.6 Å². The maximum absolute atomic E-state index is 13.4. The molecule has 0 unspecified atom stereocenters. The first-order valence-electron chi connectivity index (χ1n) is 4.69. The lowest BCUT2D eigenvalue weighted by Crippen LogP contribution is -2.08. The van der Waals surface area contributed by atoms with Crippen LogP contribution in [0.1, 0.15) is 20.7 Å². The third-order valence-corrected chi connectivity index (χ3v) is 2.43. The van der Waals surface area contributed by atoms with Crippen LogP contribution in [0.25, 0.3) is 10.8 Å². The first-order valence-corrected chi connectivity index (χ1v) is 4.69. The summed E-state index contributed by atoms with van der Waals surface area (Å²) in [6.45, 7) is 0. The molecule has 0 bridgehead atoms. The summed E-state index contributed by atoms with van der Waals surface area (Å²) in [5.41, 5.74) is -0.772. The lowest BCUT2D eigenvalue weighted by Gasteiger charge is -2.05. The molecule has 86 valence electrons. The Balaban J connectivity index is 2.87. The van der Waals surface area contributed by atoms with E-state index in [9.17, 15) is 14.0 Å². The number of carboxylic acids is 2. The van der Waals surface area contributed by atoms with Gasteiger partial charge in [0, 0.05) is 5.39 Å². The van der Waals surface area contributed by atoms with Crippen molar-refractivity contribution in [2.75, 3.05) is 0 Å². The maximum atomic E-state index is 13.4. The topological polar surface area (TPSA) is 74.6 Å². The number of benzene rings is 2. The van der Waals surface area contributed by atoms with Gasteiger partial charge in [0.25, 0.3) is 0 Å². The molecule has 0 amide bonds. The SMILES string of the molecule is O=C(O)c1cc2cccc(F)c2cc1C(=O)O. The van der Waals surface area contributed by atoms with Crippen LogP contribution in [0.2, 0.25) is 0 Å². The summed E-state index contributed by atoms with van der Waals surface area (Å²) in [5, 5.41) is 18.2. The number of hydrogen-bond acceptors (Lipinski definition) is 2. The minimum absolute atomic E-state index is 0.0925. The smallest absolute Gasteiger partial charge is 0.336 e. The minimum Gasteiger partial charge on any atom is -0.478 e. The second-order valence-corrected chi connectivity index (χ2v) is 3.47. The number of hydrogen-bond donors (Lipinski definition) is 2. The monoisotopic (exact) mass is 234 g/mol. The Morgan fingerprint density at radius 1 is 1.00 bits per heavy atom. The largest absolute Gasteiger partial charge is 0.478 e. The van der Waals surface area contributed by atoms with E-state index < -0.39 is 23.3 Å². The predicted molar refractivity (Wildman–Crippen MR) is 57.8 cm³/mol. The summed E-state index contributed by atoms with van der Waals surface area (Å²) in [6, 6.07) is 6.34. The van der Waals surface area contributed by atoms with Crippen molar-refractivity contribution in [2.45, 2.75) is 0 Å². The van der Waals surface area contributed by atoms with Crippen molar-refractivity contribution in [2.24, 2.45) is 0 Å². The molecule has 2 rings (SSSR count). The molecule has 0 atom stereocenters. The van der Waals surface area contributed by atoms with Crippen LogP contribution in [0.4, 0.5) is 4.39 Å². The molecule has 2 aromatic rings. The van der Waals surface area contributed by atoms with Crippen molar-refractivity contribution >= 4 is 22.7 Å². The molecular weight excluding hydrogens is 227 g/mol. The van der Waals surface area contributed by atoms with E-state index in [0.29, 0.717) is 5.39 Å². The Morgan fingerprint density at radius 2 is 1.59 bits per heavy atom. The zero-order chi connectivity index (χ0) is 12.6. The number of carboxylic acid groups (broad SMARTS) is 2. The summed E-state index contributed by atoms with van der Waals surface area (Å²) in [5.74, 6) is -3.33. The molecule has 0 saturated heterocycles. The van der Waals surface area contributed by atoms with Crippen LogP contribution in [-0.2, 0) is 0 Å². The van der Waals surface area contributed by atoms with Crippen LogP contribution in [0.3, 0.4) is 0 Å². The van der Waals surface area contributed by atoms with Crippen LogP contribution in [0, 0.1) is 5.82 Å². The Morgan fingerprint density at radius 3 is 2.18 bits per heavy atom. The molecule has 0 fully saturated rings. The zero-order valence-corrected chi connectivity index (χ0v) is 8.48. The highest BCUT2D eigenvalue weighted by molar-refractivity contribution is 6.06. The van der Waals surface area contributed by atoms with Gasteiger partial charge in [-0.15, -0.1) is 0 Å². The Kier molecular flexibility index (Phi) is 2.51.